The van der Waals surface area contributed by atoms with Crippen LogP contribution in [0.3, 0.4) is 0 Å². The molecule has 0 aliphatic rings. The number of nitrogens with zero attached hydrogens (tertiary/aromatic N) is 1. The minimum atomic E-state index is -0.994. The fourth-order valence-corrected chi connectivity index (χ4v) is 1.82. The lowest BCUT2D eigenvalue weighted by Gasteiger charge is -2.26. The summed E-state index contributed by atoms with van der Waals surface area (Å²) in [5.41, 5.74) is 0.491. The maximum absolute atomic E-state index is 13.1. The lowest BCUT2D eigenvalue weighted by Crippen LogP contribution is -2.33. The van der Waals surface area contributed by atoms with E-state index in [9.17, 15) is 14.0 Å². The largest absolute Gasteiger partial charge is 0.481 e. The van der Waals surface area contributed by atoms with E-state index in [2.05, 4.69) is 0 Å². The van der Waals surface area contributed by atoms with Crippen LogP contribution < -0.4 is 4.90 Å². The summed E-state index contributed by atoms with van der Waals surface area (Å²) in [6.45, 7) is 1.75. The van der Waals surface area contributed by atoms with Crippen LogP contribution >= 0.6 is 11.6 Å². The van der Waals surface area contributed by atoms with E-state index in [4.69, 9.17) is 21.8 Å². The predicted octanol–water partition coefficient (Wildman–Crippen LogP) is 2.48. The van der Waals surface area contributed by atoms with Gasteiger partial charge in [-0.05, 0) is 18.2 Å². The van der Waals surface area contributed by atoms with Gasteiger partial charge in [-0.2, -0.15) is 0 Å². The van der Waals surface area contributed by atoms with Gasteiger partial charge in [-0.15, -0.1) is 0 Å². The summed E-state index contributed by atoms with van der Waals surface area (Å²) in [5, 5.41) is 17.6. The lowest BCUT2D eigenvalue weighted by molar-refractivity contribution is -0.140. The zero-order chi connectivity index (χ0) is 15.3. The summed E-state index contributed by atoms with van der Waals surface area (Å²) in [6.07, 6.45) is -0.151. The van der Waals surface area contributed by atoms with Crippen LogP contribution in [0.15, 0.2) is 18.2 Å². The molecule has 0 bridgehead atoms. The molecule has 0 amide bonds. The van der Waals surface area contributed by atoms with Gasteiger partial charge in [-0.3, -0.25) is 9.59 Å². The number of carboxylic acids is 2. The standard InChI is InChI=1S/C13H15ClFNO4/c1-8(13(19)20)7-16(5-4-12(17)18)9-2-3-11(15)10(14)6-9/h2-3,6,8H,4-5,7H2,1H3,(H,17,18)(H,19,20). The Morgan fingerprint density at radius 3 is 2.55 bits per heavy atom. The van der Waals surface area contributed by atoms with Gasteiger partial charge in [-0.25, -0.2) is 4.39 Å². The molecule has 0 spiro atoms. The molecule has 1 aromatic rings. The van der Waals surface area contributed by atoms with Gasteiger partial charge in [0.1, 0.15) is 5.82 Å². The van der Waals surface area contributed by atoms with Crippen molar-refractivity contribution in [2.75, 3.05) is 18.0 Å². The Bertz CT molecular complexity index is 509. The van der Waals surface area contributed by atoms with E-state index in [0.29, 0.717) is 5.69 Å². The Kier molecular flexibility index (Phi) is 5.76. The maximum Gasteiger partial charge on any atom is 0.308 e. The van der Waals surface area contributed by atoms with E-state index in [-0.39, 0.29) is 24.5 Å². The second-order valence-electron chi connectivity index (χ2n) is 4.43. The first-order valence-corrected chi connectivity index (χ1v) is 6.33. The van der Waals surface area contributed by atoms with Crippen molar-refractivity contribution in [2.45, 2.75) is 13.3 Å². The van der Waals surface area contributed by atoms with Gasteiger partial charge in [-0.1, -0.05) is 18.5 Å². The molecule has 0 aliphatic carbocycles. The average molecular weight is 304 g/mol. The molecule has 1 aromatic carbocycles. The van der Waals surface area contributed by atoms with Crippen molar-refractivity contribution in [3.63, 3.8) is 0 Å². The number of hydrogen-bond acceptors (Lipinski definition) is 3. The summed E-state index contributed by atoms with van der Waals surface area (Å²) in [4.78, 5) is 23.1. The van der Waals surface area contributed by atoms with Crippen LogP contribution in [0.5, 0.6) is 0 Å². The van der Waals surface area contributed by atoms with Crippen molar-refractivity contribution in [2.24, 2.45) is 5.92 Å². The molecule has 0 fully saturated rings. The van der Waals surface area contributed by atoms with Crippen molar-refractivity contribution in [3.8, 4) is 0 Å². The highest BCUT2D eigenvalue weighted by Crippen LogP contribution is 2.23. The molecule has 2 N–H and O–H groups in total. The van der Waals surface area contributed by atoms with Crippen LogP contribution in [0.25, 0.3) is 0 Å². The number of rotatable bonds is 7. The summed E-state index contributed by atoms with van der Waals surface area (Å²) < 4.78 is 13.1. The molecule has 110 valence electrons. The van der Waals surface area contributed by atoms with Gasteiger partial charge in [0.25, 0.3) is 0 Å². The van der Waals surface area contributed by atoms with Crippen molar-refractivity contribution in [1.29, 1.82) is 0 Å². The highest BCUT2D eigenvalue weighted by molar-refractivity contribution is 6.31. The van der Waals surface area contributed by atoms with Crippen LogP contribution in [0.4, 0.5) is 10.1 Å². The molecule has 7 heteroatoms. The Morgan fingerprint density at radius 1 is 1.40 bits per heavy atom. The predicted molar refractivity (Wildman–Crippen MR) is 72.7 cm³/mol. The quantitative estimate of drug-likeness (QED) is 0.809. The van der Waals surface area contributed by atoms with Gasteiger partial charge >= 0.3 is 11.9 Å². The molecular formula is C13H15ClFNO4. The lowest BCUT2D eigenvalue weighted by atomic mass is 10.1. The fraction of sp³-hybridized carbons (Fsp3) is 0.385. The fourth-order valence-electron chi connectivity index (χ4n) is 1.65. The molecular weight excluding hydrogens is 289 g/mol. The minimum absolute atomic E-state index is 0.0918. The first-order valence-electron chi connectivity index (χ1n) is 5.96. The number of carboxylic acid groups (broad SMARTS) is 2. The summed E-state index contributed by atoms with van der Waals surface area (Å²) in [5.74, 6) is -3.25. The topological polar surface area (TPSA) is 77.8 Å². The zero-order valence-corrected chi connectivity index (χ0v) is 11.6. The van der Waals surface area contributed by atoms with Crippen molar-refractivity contribution in [3.05, 3.63) is 29.0 Å². The van der Waals surface area contributed by atoms with Gasteiger partial charge in [0, 0.05) is 18.8 Å². The number of benzene rings is 1. The molecule has 1 atom stereocenters. The molecule has 1 unspecified atom stereocenters. The molecule has 0 saturated heterocycles. The number of carbonyl (C=O) groups is 2. The van der Waals surface area contributed by atoms with Crippen molar-refractivity contribution >= 4 is 29.2 Å². The van der Waals surface area contributed by atoms with Gasteiger partial charge in [0.15, 0.2) is 0 Å². The van der Waals surface area contributed by atoms with Crippen LogP contribution in [-0.4, -0.2) is 35.2 Å². The zero-order valence-electron chi connectivity index (χ0n) is 10.8. The SMILES string of the molecule is CC(CN(CCC(=O)O)c1ccc(F)c(Cl)c1)C(=O)O. The minimum Gasteiger partial charge on any atom is -0.481 e. The average Bonchev–Trinajstić information content (AvgIpc) is 2.37. The third-order valence-corrected chi connectivity index (χ3v) is 3.07. The molecule has 0 aliphatic heterocycles. The van der Waals surface area contributed by atoms with E-state index in [1.807, 2.05) is 0 Å². The normalized spacial score (nSPS) is 11.9. The molecule has 0 heterocycles. The van der Waals surface area contributed by atoms with E-state index >= 15 is 0 Å². The van der Waals surface area contributed by atoms with Crippen LogP contribution in [-0.2, 0) is 9.59 Å². The monoisotopic (exact) mass is 303 g/mol. The van der Waals surface area contributed by atoms with Crippen LogP contribution in [0.2, 0.25) is 5.02 Å². The second kappa shape index (κ2) is 7.09. The molecule has 0 aromatic heterocycles. The molecule has 1 rings (SSSR count). The summed E-state index contributed by atoms with van der Waals surface area (Å²) >= 11 is 5.69. The highest BCUT2D eigenvalue weighted by atomic mass is 35.5. The van der Waals surface area contributed by atoms with E-state index in [1.165, 1.54) is 19.1 Å². The Balaban J connectivity index is 2.92. The van der Waals surface area contributed by atoms with Gasteiger partial charge < -0.3 is 15.1 Å². The molecule has 0 radical (unpaired) electrons. The number of aliphatic carboxylic acids is 2. The summed E-state index contributed by atoms with van der Waals surface area (Å²) in [6, 6.07) is 3.96. The number of halogens is 2. The molecule has 20 heavy (non-hydrogen) atoms. The number of hydrogen-bond donors (Lipinski definition) is 2. The first kappa shape index (κ1) is 16.2. The van der Waals surface area contributed by atoms with Crippen molar-refractivity contribution < 1.29 is 24.2 Å². The van der Waals surface area contributed by atoms with E-state index in [0.717, 1.165) is 6.07 Å². The Morgan fingerprint density at radius 2 is 2.05 bits per heavy atom. The smallest absolute Gasteiger partial charge is 0.308 e. The van der Waals surface area contributed by atoms with Gasteiger partial charge in [0.05, 0.1) is 17.4 Å². The molecule has 5 nitrogen and oxygen atoms in total. The molecule has 0 saturated carbocycles. The third-order valence-electron chi connectivity index (χ3n) is 2.78. The number of anilines is 1. The van der Waals surface area contributed by atoms with Crippen LogP contribution in [0, 0.1) is 11.7 Å². The third kappa shape index (κ3) is 4.70. The first-order chi connectivity index (χ1) is 9.31. The van der Waals surface area contributed by atoms with Crippen molar-refractivity contribution in [1.82, 2.24) is 0 Å². The van der Waals surface area contributed by atoms with E-state index in [1.54, 1.807) is 4.90 Å². The van der Waals surface area contributed by atoms with Crippen LogP contribution in [0.1, 0.15) is 13.3 Å². The van der Waals surface area contributed by atoms with Gasteiger partial charge in [0.2, 0.25) is 0 Å². The van der Waals surface area contributed by atoms with E-state index < -0.39 is 23.7 Å². The summed E-state index contributed by atoms with van der Waals surface area (Å²) in [7, 11) is 0. The Labute approximate surface area is 120 Å². The Hall–Kier alpha value is -1.82. The highest BCUT2D eigenvalue weighted by Gasteiger charge is 2.18. The second-order valence-corrected chi connectivity index (χ2v) is 4.83. The maximum atomic E-state index is 13.1.